The van der Waals surface area contributed by atoms with E-state index in [9.17, 15) is 0 Å². The average molecular weight is 239 g/mol. The SMILES string of the molecule is CC(C)C1C(C)NC(C)C(C(C)C)C1C(C)C. The Hall–Kier alpha value is -0.0400. The monoisotopic (exact) mass is 239 g/mol. The summed E-state index contributed by atoms with van der Waals surface area (Å²) in [5.74, 6) is 4.84. The van der Waals surface area contributed by atoms with E-state index in [0.29, 0.717) is 12.1 Å². The molecule has 0 spiro atoms. The van der Waals surface area contributed by atoms with E-state index in [-0.39, 0.29) is 0 Å². The van der Waals surface area contributed by atoms with Gasteiger partial charge in [-0.05, 0) is 49.4 Å². The predicted octanol–water partition coefficient (Wildman–Crippen LogP) is 4.18. The molecule has 1 fully saturated rings. The average Bonchev–Trinajstić information content (AvgIpc) is 2.14. The topological polar surface area (TPSA) is 12.0 Å². The molecule has 0 aromatic carbocycles. The van der Waals surface area contributed by atoms with Crippen molar-refractivity contribution in [1.29, 1.82) is 0 Å². The molecule has 1 heteroatoms. The Labute approximate surface area is 109 Å². The molecule has 1 saturated heterocycles. The number of piperidine rings is 1. The lowest BCUT2D eigenvalue weighted by Gasteiger charge is -2.51. The van der Waals surface area contributed by atoms with Gasteiger partial charge in [-0.25, -0.2) is 0 Å². The van der Waals surface area contributed by atoms with Gasteiger partial charge < -0.3 is 5.32 Å². The van der Waals surface area contributed by atoms with Crippen LogP contribution >= 0.6 is 0 Å². The standard InChI is InChI=1S/C16H33N/c1-9(2)14-12(7)17-13(8)15(10(3)4)16(14)11(5)6/h9-17H,1-8H3. The van der Waals surface area contributed by atoms with E-state index in [4.69, 9.17) is 0 Å². The molecule has 1 aliphatic heterocycles. The summed E-state index contributed by atoms with van der Waals surface area (Å²) >= 11 is 0. The van der Waals surface area contributed by atoms with Crippen LogP contribution in [-0.4, -0.2) is 12.1 Å². The quantitative estimate of drug-likeness (QED) is 0.779. The second-order valence-corrected chi connectivity index (χ2v) is 7.21. The summed E-state index contributed by atoms with van der Waals surface area (Å²) in [6.45, 7) is 19.2. The molecule has 0 bridgehead atoms. The van der Waals surface area contributed by atoms with E-state index in [2.05, 4.69) is 60.7 Å². The van der Waals surface area contributed by atoms with Gasteiger partial charge in [-0.2, -0.15) is 0 Å². The molecule has 4 unspecified atom stereocenters. The predicted molar refractivity (Wildman–Crippen MR) is 77.0 cm³/mol. The number of rotatable bonds is 3. The summed E-state index contributed by atoms with van der Waals surface area (Å²) < 4.78 is 0. The second kappa shape index (κ2) is 5.73. The molecule has 0 aromatic heterocycles. The Balaban J connectivity index is 3.04. The van der Waals surface area contributed by atoms with Gasteiger partial charge >= 0.3 is 0 Å². The molecule has 1 nitrogen and oxygen atoms in total. The maximum absolute atomic E-state index is 3.83. The van der Waals surface area contributed by atoms with Crippen molar-refractivity contribution >= 4 is 0 Å². The van der Waals surface area contributed by atoms with Gasteiger partial charge in [-0.3, -0.25) is 0 Å². The van der Waals surface area contributed by atoms with Gasteiger partial charge in [0.2, 0.25) is 0 Å². The molecule has 4 atom stereocenters. The number of hydrogen-bond donors (Lipinski definition) is 1. The lowest BCUT2D eigenvalue weighted by molar-refractivity contribution is 0.00590. The first kappa shape index (κ1) is 15.0. The third-order valence-electron chi connectivity index (χ3n) is 4.88. The molecule has 1 N–H and O–H groups in total. The van der Waals surface area contributed by atoms with Crippen LogP contribution in [0.25, 0.3) is 0 Å². The van der Waals surface area contributed by atoms with Gasteiger partial charge in [0, 0.05) is 12.1 Å². The summed E-state index contributed by atoms with van der Waals surface area (Å²) in [4.78, 5) is 0. The Bertz CT molecular complexity index is 212. The van der Waals surface area contributed by atoms with Crippen LogP contribution < -0.4 is 5.32 Å². The van der Waals surface area contributed by atoms with Crippen molar-refractivity contribution in [3.63, 3.8) is 0 Å². The normalized spacial score (nSPS) is 39.4. The number of nitrogens with one attached hydrogen (secondary N) is 1. The van der Waals surface area contributed by atoms with Crippen LogP contribution in [0.15, 0.2) is 0 Å². The first-order valence-electron chi connectivity index (χ1n) is 7.53. The van der Waals surface area contributed by atoms with Crippen LogP contribution in [-0.2, 0) is 0 Å². The van der Waals surface area contributed by atoms with Gasteiger partial charge in [-0.1, -0.05) is 41.5 Å². The summed E-state index contributed by atoms with van der Waals surface area (Å²) in [7, 11) is 0. The van der Waals surface area contributed by atoms with Gasteiger partial charge in [0.05, 0.1) is 0 Å². The summed E-state index contributed by atoms with van der Waals surface area (Å²) in [5.41, 5.74) is 0. The van der Waals surface area contributed by atoms with Crippen molar-refractivity contribution in [1.82, 2.24) is 5.32 Å². The van der Waals surface area contributed by atoms with Crippen molar-refractivity contribution in [2.45, 2.75) is 67.5 Å². The van der Waals surface area contributed by atoms with Crippen LogP contribution in [0.5, 0.6) is 0 Å². The Morgan fingerprint density at radius 2 is 0.882 bits per heavy atom. The van der Waals surface area contributed by atoms with E-state index in [1.165, 1.54) is 0 Å². The molecule has 0 aromatic rings. The first-order valence-corrected chi connectivity index (χ1v) is 7.53. The minimum atomic E-state index is 0.660. The highest BCUT2D eigenvalue weighted by molar-refractivity contribution is 4.97. The van der Waals surface area contributed by atoms with Crippen molar-refractivity contribution in [3.05, 3.63) is 0 Å². The summed E-state index contributed by atoms with van der Waals surface area (Å²) in [6.07, 6.45) is 0. The molecule has 0 saturated carbocycles. The lowest BCUT2D eigenvalue weighted by atomic mass is 9.60. The highest BCUT2D eigenvalue weighted by Gasteiger charge is 2.44. The molecular weight excluding hydrogens is 206 g/mol. The molecule has 0 amide bonds. The zero-order chi connectivity index (χ0) is 13.3. The van der Waals surface area contributed by atoms with E-state index in [1.807, 2.05) is 0 Å². The minimum absolute atomic E-state index is 0.660. The molecule has 1 heterocycles. The highest BCUT2D eigenvalue weighted by atomic mass is 15.0. The Kier molecular flexibility index (Phi) is 5.07. The van der Waals surface area contributed by atoms with Crippen molar-refractivity contribution in [3.8, 4) is 0 Å². The second-order valence-electron chi connectivity index (χ2n) is 7.21. The Morgan fingerprint density at radius 1 is 0.588 bits per heavy atom. The van der Waals surface area contributed by atoms with Crippen molar-refractivity contribution in [2.75, 3.05) is 0 Å². The zero-order valence-corrected chi connectivity index (χ0v) is 13.1. The van der Waals surface area contributed by atoms with Crippen LogP contribution in [0.2, 0.25) is 0 Å². The first-order chi connectivity index (χ1) is 7.77. The Morgan fingerprint density at radius 3 is 1.12 bits per heavy atom. The fraction of sp³-hybridized carbons (Fsp3) is 1.00. The minimum Gasteiger partial charge on any atom is -0.311 e. The molecule has 1 aliphatic rings. The molecule has 17 heavy (non-hydrogen) atoms. The lowest BCUT2D eigenvalue weighted by Crippen LogP contribution is -2.58. The van der Waals surface area contributed by atoms with Crippen LogP contribution in [0.1, 0.15) is 55.4 Å². The maximum atomic E-state index is 3.83. The fourth-order valence-electron chi connectivity index (χ4n) is 4.49. The van der Waals surface area contributed by atoms with Gasteiger partial charge in [0.1, 0.15) is 0 Å². The summed E-state index contributed by atoms with van der Waals surface area (Å²) in [6, 6.07) is 1.32. The van der Waals surface area contributed by atoms with Crippen molar-refractivity contribution < 1.29 is 0 Å². The maximum Gasteiger partial charge on any atom is 0.00748 e. The van der Waals surface area contributed by atoms with Gasteiger partial charge in [-0.15, -0.1) is 0 Å². The molecule has 0 radical (unpaired) electrons. The van der Waals surface area contributed by atoms with E-state index in [0.717, 1.165) is 35.5 Å². The molecule has 0 aliphatic carbocycles. The third-order valence-corrected chi connectivity index (χ3v) is 4.88. The highest BCUT2D eigenvalue weighted by Crippen LogP contribution is 2.43. The van der Waals surface area contributed by atoms with E-state index in [1.54, 1.807) is 0 Å². The van der Waals surface area contributed by atoms with E-state index < -0.39 is 0 Å². The smallest absolute Gasteiger partial charge is 0.00748 e. The van der Waals surface area contributed by atoms with E-state index >= 15 is 0 Å². The zero-order valence-electron chi connectivity index (χ0n) is 13.1. The molecule has 102 valence electrons. The molecular formula is C16H33N. The van der Waals surface area contributed by atoms with Gasteiger partial charge in [0.25, 0.3) is 0 Å². The van der Waals surface area contributed by atoms with Crippen LogP contribution in [0, 0.1) is 35.5 Å². The van der Waals surface area contributed by atoms with Gasteiger partial charge in [0.15, 0.2) is 0 Å². The van der Waals surface area contributed by atoms with Crippen LogP contribution in [0.4, 0.5) is 0 Å². The fourth-order valence-corrected chi connectivity index (χ4v) is 4.49. The molecule has 1 rings (SSSR count). The largest absolute Gasteiger partial charge is 0.311 e. The van der Waals surface area contributed by atoms with Crippen LogP contribution in [0.3, 0.4) is 0 Å². The third kappa shape index (κ3) is 3.05. The van der Waals surface area contributed by atoms with Crippen molar-refractivity contribution in [2.24, 2.45) is 35.5 Å². The number of hydrogen-bond acceptors (Lipinski definition) is 1. The summed E-state index contributed by atoms with van der Waals surface area (Å²) in [5, 5.41) is 3.83.